The molecule has 1 aromatic carbocycles. The molecule has 1 aliphatic carbocycles. The summed E-state index contributed by atoms with van der Waals surface area (Å²) < 4.78 is 11.0. The fourth-order valence-corrected chi connectivity index (χ4v) is 3.13. The summed E-state index contributed by atoms with van der Waals surface area (Å²) in [6.45, 7) is 2.16. The topological polar surface area (TPSA) is 63.0 Å². The van der Waals surface area contributed by atoms with Gasteiger partial charge in [-0.15, -0.1) is 0 Å². The zero-order valence-corrected chi connectivity index (χ0v) is 14.1. The molecule has 130 valence electrons. The first-order valence-electron chi connectivity index (χ1n) is 8.52. The highest BCUT2D eigenvalue weighted by molar-refractivity contribution is 6.03. The highest BCUT2D eigenvalue weighted by atomic mass is 16.5. The van der Waals surface area contributed by atoms with Crippen molar-refractivity contribution < 1.29 is 18.7 Å². The smallest absolute Gasteiger partial charge is 0.268 e. The minimum Gasteiger partial charge on any atom is -0.479 e. The van der Waals surface area contributed by atoms with Gasteiger partial charge in [0, 0.05) is 6.04 Å². The lowest BCUT2D eigenvalue weighted by atomic mass is 10.2. The van der Waals surface area contributed by atoms with Crippen molar-refractivity contribution in [1.29, 1.82) is 0 Å². The van der Waals surface area contributed by atoms with E-state index in [4.69, 9.17) is 9.15 Å². The molecular weight excluding hydrogens is 320 g/mol. The Kier molecular flexibility index (Phi) is 3.95. The maximum absolute atomic E-state index is 12.9. The number of furan rings is 1. The van der Waals surface area contributed by atoms with Crippen molar-refractivity contribution in [1.82, 2.24) is 4.90 Å². The second-order valence-electron chi connectivity index (χ2n) is 6.48. The van der Waals surface area contributed by atoms with E-state index >= 15 is 0 Å². The van der Waals surface area contributed by atoms with E-state index in [-0.39, 0.29) is 24.4 Å². The molecule has 2 aromatic rings. The Balaban J connectivity index is 1.55. The van der Waals surface area contributed by atoms with Crippen LogP contribution in [0, 0.1) is 0 Å². The first kappa shape index (κ1) is 15.7. The third-order valence-electron chi connectivity index (χ3n) is 4.58. The van der Waals surface area contributed by atoms with Crippen molar-refractivity contribution in [3.8, 4) is 5.75 Å². The minimum atomic E-state index is -0.595. The number of fused-ring (bicyclic) bond motifs is 1. The van der Waals surface area contributed by atoms with Crippen LogP contribution in [0.5, 0.6) is 5.75 Å². The molecule has 1 aromatic heterocycles. The molecule has 0 spiro atoms. The summed E-state index contributed by atoms with van der Waals surface area (Å²) >= 11 is 0. The molecule has 0 saturated heterocycles. The van der Waals surface area contributed by atoms with Gasteiger partial charge in [-0.1, -0.05) is 12.1 Å². The van der Waals surface area contributed by atoms with Crippen LogP contribution in [-0.4, -0.2) is 35.4 Å². The molecule has 4 rings (SSSR count). The maximum atomic E-state index is 12.9. The predicted octanol–water partition coefficient (Wildman–Crippen LogP) is 2.58. The number of ether oxygens (including phenoxy) is 1. The number of carbonyl (C=O) groups is 2. The van der Waals surface area contributed by atoms with E-state index < -0.39 is 6.10 Å². The Morgan fingerprint density at radius 3 is 2.76 bits per heavy atom. The summed E-state index contributed by atoms with van der Waals surface area (Å²) in [5, 5.41) is 0. The highest BCUT2D eigenvalue weighted by Crippen LogP contribution is 2.34. The van der Waals surface area contributed by atoms with Crippen LogP contribution < -0.4 is 9.64 Å². The summed E-state index contributed by atoms with van der Waals surface area (Å²) in [5.41, 5.74) is 0.646. The van der Waals surface area contributed by atoms with Crippen LogP contribution in [0.25, 0.3) is 0 Å². The van der Waals surface area contributed by atoms with Crippen molar-refractivity contribution in [3.05, 3.63) is 48.4 Å². The molecule has 2 amide bonds. The van der Waals surface area contributed by atoms with Gasteiger partial charge in [-0.25, -0.2) is 0 Å². The number of para-hydroxylation sites is 2. The molecule has 0 bridgehead atoms. The van der Waals surface area contributed by atoms with E-state index in [1.165, 1.54) is 4.90 Å². The van der Waals surface area contributed by atoms with Crippen LogP contribution in [0.15, 0.2) is 47.1 Å². The fourth-order valence-electron chi connectivity index (χ4n) is 3.13. The molecule has 1 aliphatic heterocycles. The zero-order chi connectivity index (χ0) is 17.4. The third kappa shape index (κ3) is 3.12. The largest absolute Gasteiger partial charge is 0.479 e. The maximum Gasteiger partial charge on any atom is 0.268 e. The highest BCUT2D eigenvalue weighted by Gasteiger charge is 2.37. The molecule has 1 fully saturated rings. The first-order chi connectivity index (χ1) is 12.1. The van der Waals surface area contributed by atoms with E-state index in [0.717, 1.165) is 18.6 Å². The normalized spacial score (nSPS) is 19.3. The standard InChI is InChI=1S/C19H20N2O4/c1-13-19(23)21(16-6-2-3-7-17(16)25-13)12-18(22)20(14-8-9-14)11-15-5-4-10-24-15/h2-7,10,13-14H,8-9,11-12H2,1H3/t13-/m0/s1. The molecule has 6 nitrogen and oxygen atoms in total. The van der Waals surface area contributed by atoms with Crippen LogP contribution in [0.4, 0.5) is 5.69 Å². The number of nitrogens with zero attached hydrogens (tertiary/aromatic N) is 2. The number of carbonyl (C=O) groups excluding carboxylic acids is 2. The van der Waals surface area contributed by atoms with Crippen LogP contribution in [0.1, 0.15) is 25.5 Å². The number of rotatable bonds is 5. The van der Waals surface area contributed by atoms with Crippen molar-refractivity contribution in [2.45, 2.75) is 38.5 Å². The third-order valence-corrected chi connectivity index (χ3v) is 4.58. The summed E-state index contributed by atoms with van der Waals surface area (Å²) in [6.07, 6.45) is 3.00. The molecule has 0 N–H and O–H groups in total. The average Bonchev–Trinajstić information content (AvgIpc) is 3.32. The lowest BCUT2D eigenvalue weighted by Gasteiger charge is -2.34. The van der Waals surface area contributed by atoms with Gasteiger partial charge in [0.1, 0.15) is 18.1 Å². The van der Waals surface area contributed by atoms with Gasteiger partial charge in [-0.05, 0) is 44.0 Å². The van der Waals surface area contributed by atoms with Crippen LogP contribution >= 0.6 is 0 Å². The number of benzene rings is 1. The fraction of sp³-hybridized carbons (Fsp3) is 0.368. The van der Waals surface area contributed by atoms with Crippen LogP contribution in [-0.2, 0) is 16.1 Å². The number of hydrogen-bond donors (Lipinski definition) is 0. The quantitative estimate of drug-likeness (QED) is 0.839. The lowest BCUT2D eigenvalue weighted by molar-refractivity contribution is -0.134. The monoisotopic (exact) mass is 340 g/mol. The average molecular weight is 340 g/mol. The van der Waals surface area contributed by atoms with Crippen molar-refractivity contribution in [3.63, 3.8) is 0 Å². The van der Waals surface area contributed by atoms with Gasteiger partial charge in [0.25, 0.3) is 5.91 Å². The predicted molar refractivity (Wildman–Crippen MR) is 91.2 cm³/mol. The Hall–Kier alpha value is -2.76. The van der Waals surface area contributed by atoms with Gasteiger partial charge in [0.2, 0.25) is 5.91 Å². The van der Waals surface area contributed by atoms with Crippen molar-refractivity contribution in [2.75, 3.05) is 11.4 Å². The molecule has 1 atom stereocenters. The number of anilines is 1. The zero-order valence-electron chi connectivity index (χ0n) is 14.1. The lowest BCUT2D eigenvalue weighted by Crippen LogP contribution is -2.49. The van der Waals surface area contributed by atoms with E-state index in [1.54, 1.807) is 19.3 Å². The first-order valence-corrected chi connectivity index (χ1v) is 8.52. The second-order valence-corrected chi connectivity index (χ2v) is 6.48. The molecule has 2 aliphatic rings. The Bertz CT molecular complexity index is 782. The van der Waals surface area contributed by atoms with E-state index in [1.807, 2.05) is 35.2 Å². The summed E-state index contributed by atoms with van der Waals surface area (Å²) in [5.74, 6) is 1.12. The van der Waals surface area contributed by atoms with E-state index in [0.29, 0.717) is 18.0 Å². The molecule has 1 saturated carbocycles. The van der Waals surface area contributed by atoms with Crippen molar-refractivity contribution in [2.24, 2.45) is 0 Å². The van der Waals surface area contributed by atoms with Gasteiger partial charge in [-0.3, -0.25) is 14.5 Å². The van der Waals surface area contributed by atoms with Crippen molar-refractivity contribution >= 4 is 17.5 Å². The van der Waals surface area contributed by atoms with Crippen LogP contribution in [0.2, 0.25) is 0 Å². The van der Waals surface area contributed by atoms with Crippen LogP contribution in [0.3, 0.4) is 0 Å². The van der Waals surface area contributed by atoms with Gasteiger partial charge >= 0.3 is 0 Å². The number of hydrogen-bond acceptors (Lipinski definition) is 4. The molecule has 25 heavy (non-hydrogen) atoms. The summed E-state index contributed by atoms with van der Waals surface area (Å²) in [7, 11) is 0. The van der Waals surface area contributed by atoms with E-state index in [2.05, 4.69) is 0 Å². The van der Waals surface area contributed by atoms with Gasteiger partial charge in [-0.2, -0.15) is 0 Å². The van der Waals surface area contributed by atoms with E-state index in [9.17, 15) is 9.59 Å². The summed E-state index contributed by atoms with van der Waals surface area (Å²) in [4.78, 5) is 28.8. The Morgan fingerprint density at radius 2 is 2.04 bits per heavy atom. The van der Waals surface area contributed by atoms with Gasteiger partial charge in [0.05, 0.1) is 18.5 Å². The Morgan fingerprint density at radius 1 is 1.24 bits per heavy atom. The molecule has 0 radical (unpaired) electrons. The molecule has 6 heteroatoms. The molecule has 0 unspecified atom stereocenters. The minimum absolute atomic E-state index is 0.0146. The Labute approximate surface area is 146 Å². The summed E-state index contributed by atoms with van der Waals surface area (Å²) in [6, 6.07) is 11.2. The molecule has 2 heterocycles. The van der Waals surface area contributed by atoms with Gasteiger partial charge < -0.3 is 14.1 Å². The SMILES string of the molecule is C[C@@H]1Oc2ccccc2N(CC(=O)N(Cc2ccco2)C2CC2)C1=O. The molecular formula is C19H20N2O4. The van der Waals surface area contributed by atoms with Gasteiger partial charge in [0.15, 0.2) is 6.10 Å². The number of amides is 2. The second kappa shape index (κ2) is 6.27.